The van der Waals surface area contributed by atoms with Crippen LogP contribution in [0.3, 0.4) is 0 Å². The molecule has 4 N–H and O–H groups in total. The van der Waals surface area contributed by atoms with Gasteiger partial charge in [-0.1, -0.05) is 26.0 Å². The van der Waals surface area contributed by atoms with E-state index in [0.29, 0.717) is 86.6 Å². The summed E-state index contributed by atoms with van der Waals surface area (Å²) in [5, 5.41) is 44.0. The average molecular weight is 731 g/mol. The average Bonchev–Trinajstić information content (AvgIpc) is 3.58. The number of phenols is 2. The first-order valence-electron chi connectivity index (χ1n) is 21.4. The zero-order chi connectivity index (χ0) is 36.8. The molecule has 4 saturated carbocycles. The van der Waals surface area contributed by atoms with Gasteiger partial charge in [0.25, 0.3) is 0 Å². The molecular weight excluding hydrogens is 664 g/mol. The summed E-state index contributed by atoms with van der Waals surface area (Å²) in [5.41, 5.74) is 4.25. The van der Waals surface area contributed by atoms with Crippen molar-refractivity contribution < 1.29 is 34.6 Å². The summed E-state index contributed by atoms with van der Waals surface area (Å²) < 4.78 is 17.6. The number of hydrogen-bond acceptors (Lipinski definition) is 7. The molecule has 0 aliphatic heterocycles. The van der Waals surface area contributed by atoms with Gasteiger partial charge in [0.2, 0.25) is 0 Å². The van der Waals surface area contributed by atoms with E-state index in [-0.39, 0.29) is 10.8 Å². The molecule has 0 spiro atoms. The van der Waals surface area contributed by atoms with E-state index < -0.39 is 11.2 Å². The van der Waals surface area contributed by atoms with E-state index in [1.165, 1.54) is 35.1 Å². The third-order valence-electron chi connectivity index (χ3n) is 16.6. The summed E-state index contributed by atoms with van der Waals surface area (Å²) in [7, 11) is 0. The van der Waals surface area contributed by atoms with Crippen LogP contribution in [0.2, 0.25) is 0 Å². The van der Waals surface area contributed by atoms with E-state index in [4.69, 9.17) is 14.2 Å². The molecule has 0 amide bonds. The monoisotopic (exact) mass is 730 g/mol. The maximum absolute atomic E-state index is 12.0. The minimum atomic E-state index is -0.615. The second-order valence-corrected chi connectivity index (χ2v) is 18.7. The van der Waals surface area contributed by atoms with Crippen molar-refractivity contribution in [3.8, 4) is 11.5 Å². The molecule has 0 heterocycles. The van der Waals surface area contributed by atoms with Crippen molar-refractivity contribution in [3.05, 3.63) is 58.7 Å². The molecule has 0 aromatic heterocycles. The Morgan fingerprint density at radius 1 is 0.547 bits per heavy atom. The maximum atomic E-state index is 12.0. The van der Waals surface area contributed by atoms with Gasteiger partial charge < -0.3 is 34.6 Å². The quantitative estimate of drug-likeness (QED) is 0.144. The van der Waals surface area contributed by atoms with Crippen LogP contribution in [0.15, 0.2) is 36.4 Å². The van der Waals surface area contributed by atoms with Crippen molar-refractivity contribution in [2.45, 2.75) is 140 Å². The van der Waals surface area contributed by atoms with E-state index >= 15 is 0 Å². The minimum absolute atomic E-state index is 0.0319. The molecule has 2 aromatic rings. The molecule has 4 fully saturated rings. The number of hydrogen-bond donors (Lipinski definition) is 4. The van der Waals surface area contributed by atoms with Gasteiger partial charge in [-0.2, -0.15) is 0 Å². The molecule has 0 radical (unpaired) electrons. The second kappa shape index (κ2) is 15.1. The Morgan fingerprint density at radius 3 is 1.40 bits per heavy atom. The summed E-state index contributed by atoms with van der Waals surface area (Å²) >= 11 is 0. The van der Waals surface area contributed by atoms with Crippen LogP contribution in [0.4, 0.5) is 0 Å². The lowest BCUT2D eigenvalue weighted by Gasteiger charge is -2.53. The number of benzene rings is 2. The normalized spacial score (nSPS) is 38.3. The highest BCUT2D eigenvalue weighted by Crippen LogP contribution is 2.66. The van der Waals surface area contributed by atoms with Gasteiger partial charge in [-0.05, 0) is 196 Å². The topological polar surface area (TPSA) is 109 Å². The van der Waals surface area contributed by atoms with Crippen molar-refractivity contribution in [1.29, 1.82) is 0 Å². The summed E-state index contributed by atoms with van der Waals surface area (Å²) in [4.78, 5) is 0. The fraction of sp³-hybridized carbons (Fsp3) is 0.739. The molecule has 2 aromatic carbocycles. The van der Waals surface area contributed by atoms with Gasteiger partial charge in [-0.3, -0.25) is 0 Å². The lowest BCUT2D eigenvalue weighted by molar-refractivity contribution is -0.111. The lowest BCUT2D eigenvalue weighted by atomic mass is 9.53. The Kier molecular flexibility index (Phi) is 10.7. The van der Waals surface area contributed by atoms with E-state index in [2.05, 4.69) is 26.0 Å². The molecule has 0 saturated heterocycles. The van der Waals surface area contributed by atoms with Gasteiger partial charge in [0, 0.05) is 13.2 Å². The van der Waals surface area contributed by atoms with Crippen LogP contribution in [-0.4, -0.2) is 71.3 Å². The van der Waals surface area contributed by atoms with Gasteiger partial charge >= 0.3 is 0 Å². The predicted octanol–water partition coefficient (Wildman–Crippen LogP) is 8.58. The summed E-state index contributed by atoms with van der Waals surface area (Å²) in [6, 6.07) is 12.0. The Bertz CT molecular complexity index is 1480. The number of aliphatic hydroxyl groups is 2. The molecule has 6 aliphatic rings. The molecule has 7 heteroatoms. The van der Waals surface area contributed by atoms with Crippen molar-refractivity contribution in [1.82, 2.24) is 0 Å². The van der Waals surface area contributed by atoms with Crippen molar-refractivity contribution in [3.63, 3.8) is 0 Å². The number of fused-ring (bicyclic) bond motifs is 10. The number of phenolic OH excluding ortho intramolecular Hbond substituents is 2. The van der Waals surface area contributed by atoms with Gasteiger partial charge in [-0.15, -0.1) is 0 Å². The smallest absolute Gasteiger partial charge is 0.115 e. The van der Waals surface area contributed by atoms with Crippen LogP contribution >= 0.6 is 0 Å². The highest BCUT2D eigenvalue weighted by molar-refractivity contribution is 5.41. The molecule has 6 aliphatic carbocycles. The van der Waals surface area contributed by atoms with Crippen LogP contribution < -0.4 is 0 Å². The predicted molar refractivity (Wildman–Crippen MR) is 206 cm³/mol. The zero-order valence-corrected chi connectivity index (χ0v) is 32.5. The number of aromatic hydroxyl groups is 2. The third-order valence-corrected chi connectivity index (χ3v) is 16.6. The first kappa shape index (κ1) is 37.7. The SMILES string of the molecule is C[C@]12CCC3c4ccc(O)cc4CCC3C1CC[C@@]2(O)CCCOCCOCCOCCC[C@]1(O)CCC2C3CCc4cc(O)ccc4C3CC[C@@]21C. The molecule has 8 rings (SSSR count). The first-order valence-corrected chi connectivity index (χ1v) is 21.4. The fourth-order valence-corrected chi connectivity index (χ4v) is 13.7. The van der Waals surface area contributed by atoms with Gasteiger partial charge in [0.15, 0.2) is 0 Å². The Hall–Kier alpha value is -2.16. The third kappa shape index (κ3) is 6.77. The standard InChI is InChI=1S/C46H66O7/c1-43-19-13-37-35-11-7-33(47)29-31(35)5-9-39(37)41(43)15-21-45(43,49)17-3-23-51-25-27-53-28-26-52-24-4-18-46(50)22-16-42-40-10-6-32-30-34(48)8-12-36(32)38(40)14-20-44(42,46)2/h7-8,11-12,29-30,37-42,47-50H,3-6,9-10,13-28H2,1-2H3/t37?,38?,39?,40?,41?,42?,43-,44-,45-,46-/m0/s1. The molecule has 10 atom stereocenters. The van der Waals surface area contributed by atoms with E-state index in [1.54, 1.807) is 0 Å². The van der Waals surface area contributed by atoms with Crippen molar-refractivity contribution >= 4 is 0 Å². The number of aryl methyl sites for hydroxylation is 2. The van der Waals surface area contributed by atoms with E-state index in [9.17, 15) is 20.4 Å². The lowest BCUT2D eigenvalue weighted by Crippen LogP contribution is -2.50. The van der Waals surface area contributed by atoms with Gasteiger partial charge in [0.05, 0.1) is 37.6 Å². The maximum Gasteiger partial charge on any atom is 0.115 e. The van der Waals surface area contributed by atoms with Crippen LogP contribution in [0.1, 0.15) is 138 Å². The highest BCUT2D eigenvalue weighted by Gasteiger charge is 2.62. The molecule has 7 nitrogen and oxygen atoms in total. The summed E-state index contributed by atoms with van der Waals surface area (Å²) in [6.45, 7) is 8.23. The van der Waals surface area contributed by atoms with Crippen LogP contribution in [0, 0.1) is 34.5 Å². The highest BCUT2D eigenvalue weighted by atomic mass is 16.5. The fourth-order valence-electron chi connectivity index (χ4n) is 13.7. The zero-order valence-electron chi connectivity index (χ0n) is 32.5. The Balaban J connectivity index is 0.687. The van der Waals surface area contributed by atoms with Crippen LogP contribution in [0.25, 0.3) is 0 Å². The second-order valence-electron chi connectivity index (χ2n) is 18.7. The first-order chi connectivity index (χ1) is 25.6. The summed E-state index contributed by atoms with van der Waals surface area (Å²) in [5.74, 6) is 4.27. The van der Waals surface area contributed by atoms with Crippen LogP contribution in [-0.2, 0) is 27.1 Å². The number of ether oxygens (including phenoxy) is 3. The Morgan fingerprint density at radius 2 is 0.962 bits per heavy atom. The van der Waals surface area contributed by atoms with E-state index in [1.807, 2.05) is 24.3 Å². The van der Waals surface area contributed by atoms with Gasteiger partial charge in [-0.25, -0.2) is 0 Å². The molecule has 6 unspecified atom stereocenters. The molecule has 292 valence electrons. The van der Waals surface area contributed by atoms with Crippen molar-refractivity contribution in [2.24, 2.45) is 34.5 Å². The number of rotatable bonds is 14. The Labute approximate surface area is 317 Å². The molecule has 0 bridgehead atoms. The van der Waals surface area contributed by atoms with Crippen molar-refractivity contribution in [2.75, 3.05) is 39.6 Å². The largest absolute Gasteiger partial charge is 0.508 e. The minimum Gasteiger partial charge on any atom is -0.508 e. The molecule has 53 heavy (non-hydrogen) atoms. The molecular formula is C46H66O7. The van der Waals surface area contributed by atoms with E-state index in [0.717, 1.165) is 89.9 Å². The summed E-state index contributed by atoms with van der Waals surface area (Å²) in [6.07, 6.45) is 16.1. The van der Waals surface area contributed by atoms with Gasteiger partial charge in [0.1, 0.15) is 11.5 Å². The van der Waals surface area contributed by atoms with Crippen LogP contribution in [0.5, 0.6) is 11.5 Å².